The lowest BCUT2D eigenvalue weighted by atomic mass is 9.96. The largest absolute Gasteiger partial charge is 0.436 e. The van der Waals surface area contributed by atoms with Gasteiger partial charge in [-0.3, -0.25) is 14.8 Å². The normalized spacial score (nSPS) is 13.2. The van der Waals surface area contributed by atoms with Gasteiger partial charge in [-0.25, -0.2) is 0 Å². The molecule has 0 spiro atoms. The maximum absolute atomic E-state index is 12.7. The van der Waals surface area contributed by atoms with Crippen LogP contribution in [-0.2, 0) is 19.3 Å². The second-order valence-electron chi connectivity index (χ2n) is 7.78. The maximum Gasteiger partial charge on any atom is 0.436 e. The van der Waals surface area contributed by atoms with E-state index in [-0.39, 0.29) is 17.9 Å². The second kappa shape index (κ2) is 7.84. The lowest BCUT2D eigenvalue weighted by molar-refractivity contribution is -0.142. The maximum atomic E-state index is 12.7. The summed E-state index contributed by atoms with van der Waals surface area (Å²) in [5.74, 6) is -0.0526. The highest BCUT2D eigenvalue weighted by Crippen LogP contribution is 2.30. The van der Waals surface area contributed by atoms with Gasteiger partial charge in [-0.1, -0.05) is 17.3 Å². The molecule has 9 heteroatoms. The standard InChI is InChI=1S/C24H17F3N4O2/c1-14-8-17(4-6-28-14)23-20-9-15(2-3-18(20)12-29-23)16-5-7-31(22(32)10-16)13-19-11-21(30-33-19)24(25,26)27/h2-11H,12-13H2,1H3. The number of hydrogen-bond donors (Lipinski definition) is 0. The van der Waals surface area contributed by atoms with E-state index in [0.29, 0.717) is 12.1 Å². The molecule has 0 atom stereocenters. The molecule has 1 aliphatic heterocycles. The van der Waals surface area contributed by atoms with E-state index in [9.17, 15) is 18.0 Å². The summed E-state index contributed by atoms with van der Waals surface area (Å²) in [5.41, 5.74) is 4.93. The summed E-state index contributed by atoms with van der Waals surface area (Å²) in [5, 5.41) is 3.02. The van der Waals surface area contributed by atoms with Crippen LogP contribution in [0.25, 0.3) is 11.1 Å². The van der Waals surface area contributed by atoms with E-state index in [0.717, 1.165) is 39.7 Å². The van der Waals surface area contributed by atoms with Gasteiger partial charge in [-0.05, 0) is 47.9 Å². The van der Waals surface area contributed by atoms with Gasteiger partial charge in [0.2, 0.25) is 0 Å². The SMILES string of the molecule is Cc1cc(C2=NCc3ccc(-c4ccn(Cc5cc(C(F)(F)F)no5)c(=O)c4)cc32)ccn1. The zero-order valence-corrected chi connectivity index (χ0v) is 17.4. The quantitative estimate of drug-likeness (QED) is 0.455. The Bertz CT molecular complexity index is 1450. The van der Waals surface area contributed by atoms with Crippen LogP contribution in [0.1, 0.15) is 33.8 Å². The molecule has 166 valence electrons. The fraction of sp³-hybridized carbons (Fsp3) is 0.167. The van der Waals surface area contributed by atoms with Crippen molar-refractivity contribution in [2.45, 2.75) is 26.2 Å². The highest BCUT2D eigenvalue weighted by Gasteiger charge is 2.35. The van der Waals surface area contributed by atoms with Crippen molar-refractivity contribution < 1.29 is 17.7 Å². The monoisotopic (exact) mass is 450 g/mol. The molecule has 6 nitrogen and oxygen atoms in total. The molecule has 4 aromatic rings. The van der Waals surface area contributed by atoms with Crippen LogP contribution in [0, 0.1) is 6.92 Å². The number of fused-ring (bicyclic) bond motifs is 1. The Morgan fingerprint density at radius 2 is 1.85 bits per heavy atom. The van der Waals surface area contributed by atoms with Gasteiger partial charge in [0.1, 0.15) is 0 Å². The molecule has 0 fully saturated rings. The summed E-state index contributed by atoms with van der Waals surface area (Å²) in [6.45, 7) is 2.36. The van der Waals surface area contributed by atoms with Crippen LogP contribution in [0.3, 0.4) is 0 Å². The Kier molecular flexibility index (Phi) is 4.96. The molecule has 0 radical (unpaired) electrons. The van der Waals surface area contributed by atoms with Gasteiger partial charge >= 0.3 is 6.18 Å². The van der Waals surface area contributed by atoms with Crippen LogP contribution < -0.4 is 5.56 Å². The van der Waals surface area contributed by atoms with Crippen LogP contribution >= 0.6 is 0 Å². The summed E-state index contributed by atoms with van der Waals surface area (Å²) in [6, 6.07) is 13.8. The number of benzene rings is 1. The lowest BCUT2D eigenvalue weighted by Crippen LogP contribution is -2.19. The minimum absolute atomic E-state index is 0.0526. The third kappa shape index (κ3) is 4.09. The zero-order chi connectivity index (χ0) is 23.2. The summed E-state index contributed by atoms with van der Waals surface area (Å²) < 4.78 is 44.1. The zero-order valence-electron chi connectivity index (χ0n) is 17.4. The molecular weight excluding hydrogens is 433 g/mol. The summed E-state index contributed by atoms with van der Waals surface area (Å²) >= 11 is 0. The second-order valence-corrected chi connectivity index (χ2v) is 7.78. The summed E-state index contributed by atoms with van der Waals surface area (Å²) in [7, 11) is 0. The average molecular weight is 450 g/mol. The smallest absolute Gasteiger partial charge is 0.359 e. The van der Waals surface area contributed by atoms with E-state index in [2.05, 4.69) is 15.1 Å². The Labute approximate surface area is 186 Å². The first-order valence-electron chi connectivity index (χ1n) is 10.1. The summed E-state index contributed by atoms with van der Waals surface area (Å²) in [6.07, 6.45) is -1.32. The van der Waals surface area contributed by atoms with Crippen LogP contribution in [0.15, 0.2) is 75.2 Å². The number of halogens is 3. The molecule has 0 saturated heterocycles. The van der Waals surface area contributed by atoms with Crippen LogP contribution in [-0.4, -0.2) is 20.4 Å². The van der Waals surface area contributed by atoms with Gasteiger partial charge in [0, 0.05) is 41.3 Å². The fourth-order valence-electron chi connectivity index (χ4n) is 3.81. The van der Waals surface area contributed by atoms with E-state index in [1.165, 1.54) is 16.8 Å². The van der Waals surface area contributed by atoms with Crippen molar-refractivity contribution in [3.63, 3.8) is 0 Å². The Morgan fingerprint density at radius 3 is 2.58 bits per heavy atom. The molecule has 0 saturated carbocycles. The number of alkyl halides is 3. The van der Waals surface area contributed by atoms with Crippen LogP contribution in [0.2, 0.25) is 0 Å². The minimum atomic E-state index is -4.60. The topological polar surface area (TPSA) is 73.3 Å². The fourth-order valence-corrected chi connectivity index (χ4v) is 3.81. The van der Waals surface area contributed by atoms with E-state index in [4.69, 9.17) is 4.52 Å². The first-order valence-corrected chi connectivity index (χ1v) is 10.1. The highest BCUT2D eigenvalue weighted by molar-refractivity contribution is 6.15. The number of nitrogens with zero attached hydrogens (tertiary/aromatic N) is 4. The molecule has 3 aromatic heterocycles. The first-order chi connectivity index (χ1) is 15.8. The molecule has 0 amide bonds. The predicted molar refractivity (Wildman–Crippen MR) is 115 cm³/mol. The number of pyridine rings is 2. The third-order valence-corrected chi connectivity index (χ3v) is 5.45. The van der Waals surface area contributed by atoms with Crippen molar-refractivity contribution in [3.05, 3.63) is 105 Å². The number of aliphatic imine (C=N–C) groups is 1. The van der Waals surface area contributed by atoms with Crippen molar-refractivity contribution in [1.29, 1.82) is 0 Å². The van der Waals surface area contributed by atoms with Gasteiger partial charge in [-0.15, -0.1) is 0 Å². The van der Waals surface area contributed by atoms with Crippen molar-refractivity contribution >= 4 is 5.71 Å². The van der Waals surface area contributed by atoms with Gasteiger partial charge in [0.05, 0.1) is 18.8 Å². The number of rotatable bonds is 4. The summed E-state index contributed by atoms with van der Waals surface area (Å²) in [4.78, 5) is 21.5. The Hall–Kier alpha value is -4.01. The van der Waals surface area contributed by atoms with Crippen molar-refractivity contribution in [2.75, 3.05) is 0 Å². The minimum Gasteiger partial charge on any atom is -0.359 e. The van der Waals surface area contributed by atoms with Crippen LogP contribution in [0.4, 0.5) is 13.2 Å². The molecule has 0 aliphatic carbocycles. The Balaban J connectivity index is 1.43. The third-order valence-electron chi connectivity index (χ3n) is 5.45. The molecule has 1 aliphatic rings. The lowest BCUT2D eigenvalue weighted by Gasteiger charge is -2.09. The van der Waals surface area contributed by atoms with Gasteiger partial charge < -0.3 is 9.09 Å². The number of hydrogen-bond acceptors (Lipinski definition) is 5. The predicted octanol–water partition coefficient (Wildman–Crippen LogP) is 4.62. The van der Waals surface area contributed by atoms with Crippen molar-refractivity contribution in [1.82, 2.24) is 14.7 Å². The average Bonchev–Trinajstić information content (AvgIpc) is 3.42. The van der Waals surface area contributed by atoms with E-state index < -0.39 is 11.9 Å². The van der Waals surface area contributed by atoms with Crippen LogP contribution in [0.5, 0.6) is 0 Å². The molecule has 1 aromatic carbocycles. The Morgan fingerprint density at radius 1 is 1.03 bits per heavy atom. The van der Waals surface area contributed by atoms with E-state index in [1.54, 1.807) is 12.3 Å². The highest BCUT2D eigenvalue weighted by atomic mass is 19.4. The van der Waals surface area contributed by atoms with Gasteiger partial charge in [0.15, 0.2) is 11.5 Å². The molecule has 0 unspecified atom stereocenters. The molecule has 4 heterocycles. The van der Waals surface area contributed by atoms with E-state index >= 15 is 0 Å². The van der Waals surface area contributed by atoms with Crippen molar-refractivity contribution in [2.24, 2.45) is 4.99 Å². The number of aryl methyl sites for hydroxylation is 1. The first kappa shape index (κ1) is 20.9. The molecule has 5 rings (SSSR count). The van der Waals surface area contributed by atoms with Gasteiger partial charge in [-0.2, -0.15) is 13.2 Å². The van der Waals surface area contributed by atoms with E-state index in [1.807, 2.05) is 37.3 Å². The number of aromatic nitrogens is 3. The van der Waals surface area contributed by atoms with Gasteiger partial charge in [0.25, 0.3) is 5.56 Å². The molecule has 0 N–H and O–H groups in total. The molecule has 33 heavy (non-hydrogen) atoms. The molecular formula is C24H17F3N4O2. The molecule has 0 bridgehead atoms. The van der Waals surface area contributed by atoms with Crippen molar-refractivity contribution in [3.8, 4) is 11.1 Å².